The molecule has 1 atom stereocenters. The van der Waals surface area contributed by atoms with Gasteiger partial charge in [0.1, 0.15) is 17.1 Å². The van der Waals surface area contributed by atoms with E-state index in [1.165, 1.54) is 12.4 Å². The number of anilines is 1. The maximum Gasteiger partial charge on any atom is 0.271 e. The first-order valence-corrected chi connectivity index (χ1v) is 5.64. The molecule has 7 nitrogen and oxygen atoms in total. The van der Waals surface area contributed by atoms with E-state index in [1.807, 2.05) is 0 Å². The standard InChI is InChI=1S/C11H16N4O3/c1-17-11(2-3-18-7-11)6-15-10(16)8-4-14-9(12)5-13-8/h4-5H,2-3,6-7H2,1H3,(H2,12,14)(H,15,16). The quantitative estimate of drug-likeness (QED) is 0.756. The van der Waals surface area contributed by atoms with Gasteiger partial charge in [0.25, 0.3) is 5.91 Å². The summed E-state index contributed by atoms with van der Waals surface area (Å²) in [5.74, 6) is -0.0186. The van der Waals surface area contributed by atoms with Crippen molar-refractivity contribution in [3.05, 3.63) is 18.1 Å². The van der Waals surface area contributed by atoms with Crippen LogP contribution in [0.3, 0.4) is 0 Å². The first-order valence-electron chi connectivity index (χ1n) is 5.64. The Kier molecular flexibility index (Phi) is 3.73. The SMILES string of the molecule is COC1(CNC(=O)c2cnc(N)cn2)CCOC1. The van der Waals surface area contributed by atoms with Crippen LogP contribution in [0.1, 0.15) is 16.9 Å². The van der Waals surface area contributed by atoms with Gasteiger partial charge in [-0.25, -0.2) is 9.97 Å². The second-order valence-corrected chi connectivity index (χ2v) is 4.20. The van der Waals surface area contributed by atoms with Crippen LogP contribution in [-0.4, -0.2) is 48.3 Å². The number of nitrogens with zero attached hydrogens (tertiary/aromatic N) is 2. The third-order valence-electron chi connectivity index (χ3n) is 2.98. The van der Waals surface area contributed by atoms with Gasteiger partial charge < -0.3 is 20.5 Å². The summed E-state index contributed by atoms with van der Waals surface area (Å²) in [5, 5.41) is 2.76. The van der Waals surface area contributed by atoms with E-state index in [9.17, 15) is 4.79 Å². The molecule has 0 spiro atoms. The molecule has 0 bridgehead atoms. The number of carbonyl (C=O) groups excluding carboxylic acids is 1. The van der Waals surface area contributed by atoms with E-state index in [0.29, 0.717) is 19.8 Å². The van der Waals surface area contributed by atoms with Crippen LogP contribution >= 0.6 is 0 Å². The fourth-order valence-electron chi connectivity index (χ4n) is 1.75. The van der Waals surface area contributed by atoms with Gasteiger partial charge in [0.05, 0.1) is 19.0 Å². The zero-order valence-corrected chi connectivity index (χ0v) is 10.2. The number of rotatable bonds is 4. The van der Waals surface area contributed by atoms with Gasteiger partial charge in [-0.3, -0.25) is 4.79 Å². The van der Waals surface area contributed by atoms with E-state index in [-0.39, 0.29) is 17.4 Å². The fourth-order valence-corrected chi connectivity index (χ4v) is 1.75. The molecule has 1 aromatic rings. The third kappa shape index (κ3) is 2.74. The Labute approximate surface area is 105 Å². The number of ether oxygens (including phenoxy) is 2. The predicted molar refractivity (Wildman–Crippen MR) is 64.0 cm³/mol. The summed E-state index contributed by atoms with van der Waals surface area (Å²) in [6, 6.07) is 0. The number of hydrogen-bond acceptors (Lipinski definition) is 6. The summed E-state index contributed by atoms with van der Waals surface area (Å²) in [5.41, 5.74) is 5.20. The first kappa shape index (κ1) is 12.7. The van der Waals surface area contributed by atoms with Gasteiger partial charge in [0, 0.05) is 26.7 Å². The Morgan fingerprint density at radius 3 is 3.00 bits per heavy atom. The minimum absolute atomic E-state index is 0.231. The van der Waals surface area contributed by atoms with E-state index in [2.05, 4.69) is 15.3 Å². The van der Waals surface area contributed by atoms with Crippen molar-refractivity contribution in [1.82, 2.24) is 15.3 Å². The van der Waals surface area contributed by atoms with Gasteiger partial charge in [0.2, 0.25) is 0 Å². The number of nitrogens with one attached hydrogen (secondary N) is 1. The number of amides is 1. The van der Waals surface area contributed by atoms with Crippen molar-refractivity contribution in [2.75, 3.05) is 32.6 Å². The highest BCUT2D eigenvalue weighted by Gasteiger charge is 2.35. The van der Waals surface area contributed by atoms with E-state index >= 15 is 0 Å². The van der Waals surface area contributed by atoms with E-state index in [4.69, 9.17) is 15.2 Å². The van der Waals surface area contributed by atoms with Crippen LogP contribution in [0.15, 0.2) is 12.4 Å². The van der Waals surface area contributed by atoms with Crippen molar-refractivity contribution in [1.29, 1.82) is 0 Å². The summed E-state index contributed by atoms with van der Waals surface area (Å²) >= 11 is 0. The number of carbonyl (C=O) groups is 1. The molecule has 1 unspecified atom stereocenters. The molecular weight excluding hydrogens is 236 g/mol. The smallest absolute Gasteiger partial charge is 0.271 e. The van der Waals surface area contributed by atoms with Crippen molar-refractivity contribution >= 4 is 11.7 Å². The summed E-state index contributed by atoms with van der Waals surface area (Å²) < 4.78 is 10.7. The lowest BCUT2D eigenvalue weighted by molar-refractivity contribution is -0.0149. The number of hydrogen-bond donors (Lipinski definition) is 2. The molecule has 1 saturated heterocycles. The fraction of sp³-hybridized carbons (Fsp3) is 0.545. The average Bonchev–Trinajstić information content (AvgIpc) is 2.86. The van der Waals surface area contributed by atoms with E-state index in [0.717, 1.165) is 6.42 Å². The lowest BCUT2D eigenvalue weighted by Crippen LogP contribution is -2.45. The van der Waals surface area contributed by atoms with Crippen LogP contribution in [0, 0.1) is 0 Å². The molecule has 98 valence electrons. The third-order valence-corrected chi connectivity index (χ3v) is 2.98. The summed E-state index contributed by atoms with van der Waals surface area (Å²) in [6.07, 6.45) is 3.45. The Bertz CT molecular complexity index is 415. The highest BCUT2D eigenvalue weighted by atomic mass is 16.5. The minimum Gasteiger partial charge on any atom is -0.382 e. The normalized spacial score (nSPS) is 22.9. The van der Waals surface area contributed by atoms with E-state index < -0.39 is 5.60 Å². The molecule has 1 amide bonds. The Hall–Kier alpha value is -1.73. The van der Waals surface area contributed by atoms with E-state index in [1.54, 1.807) is 7.11 Å². The molecule has 0 saturated carbocycles. The Balaban J connectivity index is 1.93. The second kappa shape index (κ2) is 5.28. The average molecular weight is 252 g/mol. The highest BCUT2D eigenvalue weighted by Crippen LogP contribution is 2.21. The molecule has 0 aromatic carbocycles. The van der Waals surface area contributed by atoms with Crippen LogP contribution in [0.4, 0.5) is 5.82 Å². The largest absolute Gasteiger partial charge is 0.382 e. The Morgan fingerprint density at radius 1 is 1.61 bits per heavy atom. The van der Waals surface area contributed by atoms with Crippen molar-refractivity contribution in [2.45, 2.75) is 12.0 Å². The van der Waals surface area contributed by atoms with Crippen molar-refractivity contribution < 1.29 is 14.3 Å². The van der Waals surface area contributed by atoms with Crippen LogP contribution < -0.4 is 11.1 Å². The number of methoxy groups -OCH3 is 1. The van der Waals surface area contributed by atoms with Crippen molar-refractivity contribution in [2.24, 2.45) is 0 Å². The van der Waals surface area contributed by atoms with Crippen LogP contribution in [0.25, 0.3) is 0 Å². The molecule has 1 aliphatic heterocycles. The number of nitrogen functional groups attached to an aromatic ring is 1. The van der Waals surface area contributed by atoms with Crippen molar-refractivity contribution in [3.8, 4) is 0 Å². The molecule has 1 aromatic heterocycles. The van der Waals surface area contributed by atoms with Crippen LogP contribution in [0.5, 0.6) is 0 Å². The zero-order valence-electron chi connectivity index (χ0n) is 10.2. The Morgan fingerprint density at radius 2 is 2.44 bits per heavy atom. The zero-order chi connectivity index (χ0) is 13.0. The lowest BCUT2D eigenvalue weighted by Gasteiger charge is -2.25. The molecule has 0 aliphatic carbocycles. The molecule has 2 heterocycles. The maximum absolute atomic E-state index is 11.8. The molecule has 1 aliphatic rings. The summed E-state index contributed by atoms with van der Waals surface area (Å²) in [7, 11) is 1.61. The number of nitrogens with two attached hydrogens (primary N) is 1. The monoisotopic (exact) mass is 252 g/mol. The molecule has 3 N–H and O–H groups in total. The predicted octanol–water partition coefficient (Wildman–Crippen LogP) is -0.406. The van der Waals surface area contributed by atoms with Gasteiger partial charge in [-0.05, 0) is 0 Å². The minimum atomic E-state index is -0.434. The van der Waals surface area contributed by atoms with Crippen molar-refractivity contribution in [3.63, 3.8) is 0 Å². The first-order chi connectivity index (χ1) is 8.65. The lowest BCUT2D eigenvalue weighted by atomic mass is 10.0. The van der Waals surface area contributed by atoms with Crippen LogP contribution in [-0.2, 0) is 9.47 Å². The molecule has 18 heavy (non-hydrogen) atoms. The van der Waals surface area contributed by atoms with Crippen LogP contribution in [0.2, 0.25) is 0 Å². The molecule has 2 rings (SSSR count). The van der Waals surface area contributed by atoms with Gasteiger partial charge in [-0.15, -0.1) is 0 Å². The van der Waals surface area contributed by atoms with Gasteiger partial charge in [-0.2, -0.15) is 0 Å². The molecule has 1 fully saturated rings. The molecule has 0 radical (unpaired) electrons. The van der Waals surface area contributed by atoms with Gasteiger partial charge >= 0.3 is 0 Å². The number of aromatic nitrogens is 2. The maximum atomic E-state index is 11.8. The van der Waals surface area contributed by atoms with Gasteiger partial charge in [0.15, 0.2) is 0 Å². The topological polar surface area (TPSA) is 99.4 Å². The highest BCUT2D eigenvalue weighted by molar-refractivity contribution is 5.92. The second-order valence-electron chi connectivity index (χ2n) is 4.20. The summed E-state index contributed by atoms with van der Waals surface area (Å²) in [6.45, 7) is 1.51. The van der Waals surface area contributed by atoms with Gasteiger partial charge in [-0.1, -0.05) is 0 Å². The molecule has 7 heteroatoms. The molecular formula is C11H16N4O3. The summed E-state index contributed by atoms with van der Waals surface area (Å²) in [4.78, 5) is 19.5.